The van der Waals surface area contributed by atoms with Crippen LogP contribution in [0.25, 0.3) is 0 Å². The second-order valence-corrected chi connectivity index (χ2v) is 4.47. The maximum atomic E-state index is 12.0. The molecule has 0 bridgehead atoms. The Morgan fingerprint density at radius 1 is 1.25 bits per heavy atom. The van der Waals surface area contributed by atoms with E-state index < -0.39 is 12.6 Å². The zero-order valence-electron chi connectivity index (χ0n) is 11.0. The van der Waals surface area contributed by atoms with Gasteiger partial charge in [0.05, 0.1) is 13.2 Å². The van der Waals surface area contributed by atoms with Crippen molar-refractivity contribution < 1.29 is 22.6 Å². The van der Waals surface area contributed by atoms with Gasteiger partial charge in [0.25, 0.3) is 0 Å². The number of halogens is 3. The Labute approximate surface area is 120 Å². The van der Waals surface area contributed by atoms with Gasteiger partial charge in [-0.15, -0.1) is 0 Å². The van der Waals surface area contributed by atoms with Crippen molar-refractivity contribution in [3.05, 3.63) is 23.8 Å². The molecule has 0 aromatic heterocycles. The third-order valence-electron chi connectivity index (χ3n) is 2.39. The molecule has 0 spiro atoms. The first-order valence-corrected chi connectivity index (χ1v) is 6.50. The quantitative estimate of drug-likeness (QED) is 0.619. The smallest absolute Gasteiger partial charge is 0.389 e. The van der Waals surface area contributed by atoms with Crippen LogP contribution in [0.4, 0.5) is 13.2 Å². The molecule has 0 fully saturated rings. The summed E-state index contributed by atoms with van der Waals surface area (Å²) in [6.07, 6.45) is -5.14. The number of nitrogens with two attached hydrogens (primary N) is 1. The molecule has 0 amide bonds. The summed E-state index contributed by atoms with van der Waals surface area (Å²) < 4.78 is 46.7. The molecule has 2 N–H and O–H groups in total. The zero-order valence-corrected chi connectivity index (χ0v) is 11.8. The van der Waals surface area contributed by atoms with Crippen molar-refractivity contribution in [3.63, 3.8) is 0 Å². The molecule has 1 rings (SSSR count). The van der Waals surface area contributed by atoms with Crippen molar-refractivity contribution >= 4 is 17.2 Å². The summed E-state index contributed by atoms with van der Waals surface area (Å²) in [6, 6.07) is 4.85. The molecule has 3 nitrogen and oxygen atoms in total. The topological polar surface area (TPSA) is 44.5 Å². The number of alkyl halides is 3. The van der Waals surface area contributed by atoms with Crippen LogP contribution in [-0.4, -0.2) is 24.4 Å². The van der Waals surface area contributed by atoms with Gasteiger partial charge in [0.1, 0.15) is 4.99 Å². The molecular weight excluding hydrogens is 291 g/mol. The molecule has 1 aromatic rings. The normalized spacial score (nSPS) is 11.2. The lowest BCUT2D eigenvalue weighted by molar-refractivity contribution is -0.136. The minimum Gasteiger partial charge on any atom is -0.490 e. The summed E-state index contributed by atoms with van der Waals surface area (Å²) in [4.78, 5) is 0.217. The van der Waals surface area contributed by atoms with Crippen LogP contribution >= 0.6 is 12.2 Å². The third-order valence-corrected chi connectivity index (χ3v) is 2.63. The molecule has 0 aliphatic heterocycles. The fourth-order valence-electron chi connectivity index (χ4n) is 1.50. The van der Waals surface area contributed by atoms with Crippen LogP contribution in [0.15, 0.2) is 18.2 Å². The molecule has 0 radical (unpaired) electrons. The van der Waals surface area contributed by atoms with E-state index in [0.29, 0.717) is 23.7 Å². The van der Waals surface area contributed by atoms with E-state index >= 15 is 0 Å². The van der Waals surface area contributed by atoms with E-state index in [-0.39, 0.29) is 18.0 Å². The number of thiocarbonyl (C=S) groups is 1. The minimum atomic E-state index is -4.16. The molecule has 0 aliphatic carbocycles. The van der Waals surface area contributed by atoms with Gasteiger partial charge in [0, 0.05) is 12.0 Å². The second-order valence-electron chi connectivity index (χ2n) is 4.03. The first kappa shape index (κ1) is 16.6. The van der Waals surface area contributed by atoms with Crippen LogP contribution in [0.2, 0.25) is 0 Å². The Morgan fingerprint density at radius 3 is 2.50 bits per heavy atom. The van der Waals surface area contributed by atoms with Gasteiger partial charge in [-0.1, -0.05) is 12.2 Å². The average Bonchev–Trinajstić information content (AvgIpc) is 2.35. The van der Waals surface area contributed by atoms with E-state index in [1.807, 2.05) is 0 Å². The van der Waals surface area contributed by atoms with E-state index in [0.717, 1.165) is 0 Å². The van der Waals surface area contributed by atoms with Gasteiger partial charge >= 0.3 is 6.18 Å². The third kappa shape index (κ3) is 5.64. The first-order valence-electron chi connectivity index (χ1n) is 6.09. The summed E-state index contributed by atoms with van der Waals surface area (Å²) in [6.45, 7) is 2.16. The summed E-state index contributed by atoms with van der Waals surface area (Å²) in [5.74, 6) is 0.804. The van der Waals surface area contributed by atoms with Crippen LogP contribution < -0.4 is 15.2 Å². The minimum absolute atomic E-state index is 0.0357. The van der Waals surface area contributed by atoms with Gasteiger partial charge in [-0.3, -0.25) is 0 Å². The van der Waals surface area contributed by atoms with Gasteiger partial charge in [-0.2, -0.15) is 13.2 Å². The first-order chi connectivity index (χ1) is 9.33. The van der Waals surface area contributed by atoms with Crippen molar-refractivity contribution in [3.8, 4) is 11.5 Å². The summed E-state index contributed by atoms with van der Waals surface area (Å²) in [7, 11) is 0. The number of rotatable bonds is 7. The summed E-state index contributed by atoms with van der Waals surface area (Å²) in [5.41, 5.74) is 6.13. The van der Waals surface area contributed by atoms with Gasteiger partial charge in [0.15, 0.2) is 11.5 Å². The van der Waals surface area contributed by atoms with Gasteiger partial charge in [-0.05, 0) is 31.5 Å². The number of ether oxygens (including phenoxy) is 2. The SMILES string of the molecule is CCOc1cc(C(N)=S)ccc1OCCCC(F)(F)F. The largest absolute Gasteiger partial charge is 0.490 e. The highest BCUT2D eigenvalue weighted by Crippen LogP contribution is 2.29. The lowest BCUT2D eigenvalue weighted by atomic mass is 10.2. The molecule has 20 heavy (non-hydrogen) atoms. The summed E-state index contributed by atoms with van der Waals surface area (Å²) >= 11 is 4.85. The second kappa shape index (κ2) is 7.33. The molecule has 1 aromatic carbocycles. The maximum Gasteiger partial charge on any atom is 0.389 e. The van der Waals surface area contributed by atoms with E-state index in [4.69, 9.17) is 27.4 Å². The lowest BCUT2D eigenvalue weighted by Gasteiger charge is -2.13. The standard InChI is InChI=1S/C13H16F3NO2S/c1-2-18-11-8-9(12(17)20)4-5-10(11)19-7-3-6-13(14,15)16/h4-5,8H,2-3,6-7H2,1H3,(H2,17,20). The fraction of sp³-hybridized carbons (Fsp3) is 0.462. The number of hydrogen-bond donors (Lipinski definition) is 1. The Kier molecular flexibility index (Phi) is 6.06. The van der Waals surface area contributed by atoms with E-state index in [9.17, 15) is 13.2 Å². The molecule has 112 valence electrons. The van der Waals surface area contributed by atoms with Crippen molar-refractivity contribution in [1.29, 1.82) is 0 Å². The molecule has 0 saturated heterocycles. The van der Waals surface area contributed by atoms with Crippen molar-refractivity contribution in [2.45, 2.75) is 25.9 Å². The molecular formula is C13H16F3NO2S. The Morgan fingerprint density at radius 2 is 1.95 bits per heavy atom. The van der Waals surface area contributed by atoms with Crippen molar-refractivity contribution in [2.24, 2.45) is 5.73 Å². The monoisotopic (exact) mass is 307 g/mol. The van der Waals surface area contributed by atoms with Crippen molar-refractivity contribution in [2.75, 3.05) is 13.2 Å². The van der Waals surface area contributed by atoms with Crippen LogP contribution in [-0.2, 0) is 0 Å². The van der Waals surface area contributed by atoms with Crippen LogP contribution in [0.5, 0.6) is 11.5 Å². The predicted molar refractivity (Wildman–Crippen MR) is 74.3 cm³/mol. The molecule has 0 atom stereocenters. The van der Waals surface area contributed by atoms with Crippen LogP contribution in [0.3, 0.4) is 0 Å². The number of benzene rings is 1. The van der Waals surface area contributed by atoms with Gasteiger partial charge in [0.2, 0.25) is 0 Å². The van der Waals surface area contributed by atoms with E-state index in [2.05, 4.69) is 0 Å². The lowest BCUT2D eigenvalue weighted by Crippen LogP contribution is -2.11. The highest BCUT2D eigenvalue weighted by molar-refractivity contribution is 7.80. The zero-order chi connectivity index (χ0) is 15.2. The maximum absolute atomic E-state index is 12.0. The molecule has 0 saturated carbocycles. The highest BCUT2D eigenvalue weighted by atomic mass is 32.1. The average molecular weight is 307 g/mol. The Balaban J connectivity index is 2.66. The molecule has 0 aliphatic rings. The molecule has 7 heteroatoms. The molecule has 0 heterocycles. The van der Waals surface area contributed by atoms with Crippen molar-refractivity contribution in [1.82, 2.24) is 0 Å². The summed E-state index contributed by atoms with van der Waals surface area (Å²) in [5, 5.41) is 0. The van der Waals surface area contributed by atoms with E-state index in [1.54, 1.807) is 25.1 Å². The Bertz CT molecular complexity index is 463. The molecule has 0 unspecified atom stereocenters. The van der Waals surface area contributed by atoms with Gasteiger partial charge in [-0.25, -0.2) is 0 Å². The fourth-order valence-corrected chi connectivity index (χ4v) is 1.63. The Hall–Kier alpha value is -1.50. The van der Waals surface area contributed by atoms with Gasteiger partial charge < -0.3 is 15.2 Å². The number of hydrogen-bond acceptors (Lipinski definition) is 3. The predicted octanol–water partition coefficient (Wildman–Crippen LogP) is 3.44. The van der Waals surface area contributed by atoms with Crippen LogP contribution in [0.1, 0.15) is 25.3 Å². The highest BCUT2D eigenvalue weighted by Gasteiger charge is 2.26. The van der Waals surface area contributed by atoms with E-state index in [1.165, 1.54) is 0 Å². The van der Waals surface area contributed by atoms with Crippen LogP contribution in [0, 0.1) is 0 Å².